The lowest BCUT2D eigenvalue weighted by atomic mass is 9.91. The van der Waals surface area contributed by atoms with Gasteiger partial charge in [0.15, 0.2) is 0 Å². The molecule has 5 heteroatoms. The van der Waals surface area contributed by atoms with Gasteiger partial charge in [-0.1, -0.05) is 0 Å². The van der Waals surface area contributed by atoms with Gasteiger partial charge in [0, 0.05) is 22.6 Å². The predicted octanol–water partition coefficient (Wildman–Crippen LogP) is 2.52. The normalized spacial score (nSPS) is 18.1. The minimum absolute atomic E-state index is 0.0437. The maximum atomic E-state index is 13.3. The highest BCUT2D eigenvalue weighted by atomic mass is 19.1. The van der Waals surface area contributed by atoms with Crippen molar-refractivity contribution in [1.82, 2.24) is 10.3 Å². The Labute approximate surface area is 109 Å². The maximum absolute atomic E-state index is 13.3. The summed E-state index contributed by atoms with van der Waals surface area (Å²) in [6, 6.07) is 4.80. The van der Waals surface area contributed by atoms with Crippen LogP contribution < -0.4 is 5.32 Å². The molecule has 1 amide bonds. The molecular weight excluding hydrogens is 247 g/mol. The van der Waals surface area contributed by atoms with Crippen LogP contribution in [0.4, 0.5) is 9.18 Å². The first-order chi connectivity index (χ1) is 9.17. The van der Waals surface area contributed by atoms with Gasteiger partial charge in [-0.15, -0.1) is 0 Å². The molecule has 1 aromatic heterocycles. The standard InChI is InChI=1S/C14H15FN2O2/c1-19-14(18)16-9-3-5-13-11(7-9)10-6-8(15)2-4-12(10)17-13/h2,4,6,9,17H,3,5,7H2,1H3,(H,16,18). The van der Waals surface area contributed by atoms with Crippen LogP contribution in [0.25, 0.3) is 10.9 Å². The van der Waals surface area contributed by atoms with Gasteiger partial charge in [-0.05, 0) is 43.0 Å². The van der Waals surface area contributed by atoms with E-state index in [4.69, 9.17) is 0 Å². The molecule has 19 heavy (non-hydrogen) atoms. The van der Waals surface area contributed by atoms with Gasteiger partial charge >= 0.3 is 6.09 Å². The summed E-state index contributed by atoms with van der Waals surface area (Å²) >= 11 is 0. The molecule has 1 atom stereocenters. The van der Waals surface area contributed by atoms with Crippen molar-refractivity contribution in [2.45, 2.75) is 25.3 Å². The summed E-state index contributed by atoms with van der Waals surface area (Å²) in [4.78, 5) is 14.6. The van der Waals surface area contributed by atoms with E-state index in [-0.39, 0.29) is 11.9 Å². The number of benzene rings is 1. The Morgan fingerprint density at radius 1 is 1.53 bits per heavy atom. The molecule has 1 heterocycles. The molecule has 0 saturated heterocycles. The van der Waals surface area contributed by atoms with Gasteiger partial charge in [0.1, 0.15) is 5.82 Å². The third kappa shape index (κ3) is 2.16. The van der Waals surface area contributed by atoms with E-state index in [2.05, 4.69) is 15.0 Å². The van der Waals surface area contributed by atoms with Gasteiger partial charge < -0.3 is 15.0 Å². The van der Waals surface area contributed by atoms with Gasteiger partial charge in [-0.25, -0.2) is 9.18 Å². The van der Waals surface area contributed by atoms with E-state index in [1.54, 1.807) is 12.1 Å². The molecule has 0 radical (unpaired) electrons. The van der Waals surface area contributed by atoms with Crippen molar-refractivity contribution in [3.63, 3.8) is 0 Å². The molecule has 2 aromatic rings. The highest BCUT2D eigenvalue weighted by Gasteiger charge is 2.23. The van der Waals surface area contributed by atoms with Crippen molar-refractivity contribution < 1.29 is 13.9 Å². The molecule has 1 aliphatic carbocycles. The van der Waals surface area contributed by atoms with Crippen molar-refractivity contribution in [3.8, 4) is 0 Å². The smallest absolute Gasteiger partial charge is 0.407 e. The monoisotopic (exact) mass is 262 g/mol. The minimum Gasteiger partial charge on any atom is -0.453 e. The Bertz CT molecular complexity index is 636. The Hall–Kier alpha value is -2.04. The topological polar surface area (TPSA) is 54.1 Å². The largest absolute Gasteiger partial charge is 0.453 e. The Morgan fingerprint density at radius 3 is 3.16 bits per heavy atom. The minimum atomic E-state index is -0.417. The van der Waals surface area contributed by atoms with Gasteiger partial charge in [0.2, 0.25) is 0 Å². The Morgan fingerprint density at radius 2 is 2.37 bits per heavy atom. The number of aromatic nitrogens is 1. The summed E-state index contributed by atoms with van der Waals surface area (Å²) in [5, 5.41) is 3.72. The second-order valence-electron chi connectivity index (χ2n) is 4.85. The first kappa shape index (κ1) is 12.0. The van der Waals surface area contributed by atoms with Gasteiger partial charge in [-0.3, -0.25) is 0 Å². The molecule has 0 aliphatic heterocycles. The predicted molar refractivity (Wildman–Crippen MR) is 69.6 cm³/mol. The lowest BCUT2D eigenvalue weighted by Crippen LogP contribution is -2.38. The lowest BCUT2D eigenvalue weighted by molar-refractivity contribution is 0.165. The molecule has 0 fully saturated rings. The van der Waals surface area contributed by atoms with Crippen molar-refractivity contribution in [3.05, 3.63) is 35.3 Å². The SMILES string of the molecule is COC(=O)NC1CCc2[nH]c3ccc(F)cc3c2C1. The van der Waals surface area contributed by atoms with Crippen LogP contribution in [0.2, 0.25) is 0 Å². The van der Waals surface area contributed by atoms with E-state index in [9.17, 15) is 9.18 Å². The molecular formula is C14H15FN2O2. The molecule has 1 aromatic carbocycles. The number of carbonyl (C=O) groups is 1. The van der Waals surface area contributed by atoms with E-state index in [0.717, 1.165) is 35.0 Å². The third-order valence-electron chi connectivity index (χ3n) is 3.66. The Balaban J connectivity index is 1.92. The number of hydrogen-bond donors (Lipinski definition) is 2. The number of H-pyrrole nitrogens is 1. The average molecular weight is 262 g/mol. The van der Waals surface area contributed by atoms with Gasteiger partial charge in [0.05, 0.1) is 7.11 Å². The van der Waals surface area contributed by atoms with Gasteiger partial charge in [-0.2, -0.15) is 0 Å². The summed E-state index contributed by atoms with van der Waals surface area (Å²) in [5.41, 5.74) is 3.19. The molecule has 1 unspecified atom stereocenters. The summed E-state index contributed by atoms with van der Waals surface area (Å²) < 4.78 is 18.0. The highest BCUT2D eigenvalue weighted by Crippen LogP contribution is 2.29. The van der Waals surface area contributed by atoms with E-state index in [1.807, 2.05) is 0 Å². The number of rotatable bonds is 1. The summed E-state index contributed by atoms with van der Waals surface area (Å²) in [6.07, 6.45) is 1.99. The zero-order chi connectivity index (χ0) is 13.4. The number of ether oxygens (including phenoxy) is 1. The summed E-state index contributed by atoms with van der Waals surface area (Å²) in [7, 11) is 1.35. The number of fused-ring (bicyclic) bond motifs is 3. The average Bonchev–Trinajstić information content (AvgIpc) is 2.76. The van der Waals surface area contributed by atoms with Crippen LogP contribution >= 0.6 is 0 Å². The number of alkyl carbamates (subject to hydrolysis) is 1. The van der Waals surface area contributed by atoms with E-state index in [1.165, 1.54) is 13.2 Å². The van der Waals surface area contributed by atoms with E-state index >= 15 is 0 Å². The molecule has 0 bridgehead atoms. The molecule has 1 aliphatic rings. The van der Waals surface area contributed by atoms with Crippen LogP contribution in [0.15, 0.2) is 18.2 Å². The summed E-state index contributed by atoms with van der Waals surface area (Å²) in [5.74, 6) is -0.239. The lowest BCUT2D eigenvalue weighted by Gasteiger charge is -2.22. The second-order valence-corrected chi connectivity index (χ2v) is 4.85. The molecule has 0 saturated carbocycles. The van der Waals surface area contributed by atoms with E-state index in [0.29, 0.717) is 6.42 Å². The fourth-order valence-corrected chi connectivity index (χ4v) is 2.74. The zero-order valence-electron chi connectivity index (χ0n) is 10.6. The number of nitrogens with one attached hydrogen (secondary N) is 2. The molecule has 3 rings (SSSR count). The number of hydrogen-bond acceptors (Lipinski definition) is 2. The van der Waals surface area contributed by atoms with Crippen LogP contribution in [0.3, 0.4) is 0 Å². The molecule has 2 N–H and O–H groups in total. The fourth-order valence-electron chi connectivity index (χ4n) is 2.74. The number of carbonyl (C=O) groups excluding carboxylic acids is 1. The van der Waals surface area contributed by atoms with Crippen molar-refractivity contribution in [2.24, 2.45) is 0 Å². The zero-order valence-corrected chi connectivity index (χ0v) is 10.6. The van der Waals surface area contributed by atoms with Crippen molar-refractivity contribution in [2.75, 3.05) is 7.11 Å². The number of amides is 1. The van der Waals surface area contributed by atoms with Crippen LogP contribution in [-0.2, 0) is 17.6 Å². The van der Waals surface area contributed by atoms with Crippen LogP contribution in [0.5, 0.6) is 0 Å². The molecule has 4 nitrogen and oxygen atoms in total. The van der Waals surface area contributed by atoms with Crippen LogP contribution in [-0.4, -0.2) is 24.2 Å². The third-order valence-corrected chi connectivity index (χ3v) is 3.66. The highest BCUT2D eigenvalue weighted by molar-refractivity contribution is 5.85. The van der Waals surface area contributed by atoms with Crippen LogP contribution in [0, 0.1) is 5.82 Å². The number of aryl methyl sites for hydroxylation is 1. The number of methoxy groups -OCH3 is 1. The summed E-state index contributed by atoms with van der Waals surface area (Å²) in [6.45, 7) is 0. The first-order valence-corrected chi connectivity index (χ1v) is 6.31. The van der Waals surface area contributed by atoms with Crippen LogP contribution in [0.1, 0.15) is 17.7 Å². The Kier molecular flexibility index (Phi) is 2.89. The number of halogens is 1. The van der Waals surface area contributed by atoms with Gasteiger partial charge in [0.25, 0.3) is 0 Å². The fraction of sp³-hybridized carbons (Fsp3) is 0.357. The van der Waals surface area contributed by atoms with E-state index < -0.39 is 6.09 Å². The van der Waals surface area contributed by atoms with Crippen molar-refractivity contribution >= 4 is 17.0 Å². The second kappa shape index (κ2) is 4.57. The quantitative estimate of drug-likeness (QED) is 0.829. The number of aromatic amines is 1. The van der Waals surface area contributed by atoms with Crippen molar-refractivity contribution in [1.29, 1.82) is 0 Å². The molecule has 100 valence electrons. The first-order valence-electron chi connectivity index (χ1n) is 6.31. The maximum Gasteiger partial charge on any atom is 0.407 e. The molecule has 0 spiro atoms.